The van der Waals surface area contributed by atoms with Crippen molar-refractivity contribution in [3.05, 3.63) is 69.0 Å². The SMILES string of the molecule is CN(C)c1nc2c(c(NCc3ccc(Cl)c(Cl)c3)n1)CCN(c1ncccc1C(F)(F)F)CC2. The van der Waals surface area contributed by atoms with E-state index in [2.05, 4.69) is 20.3 Å². The molecular formula is C23H23Cl2F3N6. The van der Waals surface area contributed by atoms with Crippen molar-refractivity contribution in [3.8, 4) is 0 Å². The summed E-state index contributed by atoms with van der Waals surface area (Å²) >= 11 is 12.1. The molecule has 0 radical (unpaired) electrons. The molecule has 2 aromatic heterocycles. The minimum Gasteiger partial charge on any atom is -0.366 e. The van der Waals surface area contributed by atoms with Crippen molar-refractivity contribution < 1.29 is 13.2 Å². The second-order valence-corrected chi connectivity index (χ2v) is 8.97. The second-order valence-electron chi connectivity index (χ2n) is 8.15. The Balaban J connectivity index is 1.62. The lowest BCUT2D eigenvalue weighted by molar-refractivity contribution is -0.137. The van der Waals surface area contributed by atoms with E-state index >= 15 is 0 Å². The first kappa shape index (κ1) is 24.3. The maximum atomic E-state index is 13.6. The number of aromatic nitrogens is 3. The van der Waals surface area contributed by atoms with E-state index in [1.807, 2.05) is 20.2 Å². The minimum atomic E-state index is -4.48. The summed E-state index contributed by atoms with van der Waals surface area (Å²) in [4.78, 5) is 16.9. The van der Waals surface area contributed by atoms with E-state index in [1.165, 1.54) is 12.3 Å². The van der Waals surface area contributed by atoms with Crippen LogP contribution in [0.2, 0.25) is 10.0 Å². The molecule has 1 N–H and O–H groups in total. The summed E-state index contributed by atoms with van der Waals surface area (Å²) in [5.41, 5.74) is 1.88. The van der Waals surface area contributed by atoms with Gasteiger partial charge in [0.2, 0.25) is 5.95 Å². The van der Waals surface area contributed by atoms with Crippen molar-refractivity contribution >= 4 is 40.8 Å². The summed E-state index contributed by atoms with van der Waals surface area (Å²) in [5.74, 6) is 1.12. The van der Waals surface area contributed by atoms with E-state index in [0.717, 1.165) is 22.9 Å². The van der Waals surface area contributed by atoms with Crippen LogP contribution < -0.4 is 15.1 Å². The molecular weight excluding hydrogens is 488 g/mol. The summed E-state index contributed by atoms with van der Waals surface area (Å²) in [6.45, 7) is 1.18. The van der Waals surface area contributed by atoms with Crippen LogP contribution >= 0.6 is 23.2 Å². The van der Waals surface area contributed by atoms with Crippen LogP contribution in [-0.2, 0) is 25.6 Å². The van der Waals surface area contributed by atoms with Crippen molar-refractivity contribution in [2.24, 2.45) is 0 Å². The minimum absolute atomic E-state index is 0.0612. The molecule has 0 amide bonds. The van der Waals surface area contributed by atoms with Crippen molar-refractivity contribution in [3.63, 3.8) is 0 Å². The number of fused-ring (bicyclic) bond motifs is 1. The first-order valence-corrected chi connectivity index (χ1v) is 11.4. The molecule has 1 aliphatic rings. The molecule has 0 saturated heterocycles. The highest BCUT2D eigenvalue weighted by Crippen LogP contribution is 2.36. The number of halogens is 5. The Morgan fingerprint density at radius 3 is 2.53 bits per heavy atom. The highest BCUT2D eigenvalue weighted by molar-refractivity contribution is 6.42. The molecule has 1 aromatic carbocycles. The lowest BCUT2D eigenvalue weighted by Crippen LogP contribution is -2.29. The van der Waals surface area contributed by atoms with Gasteiger partial charge in [0.25, 0.3) is 0 Å². The van der Waals surface area contributed by atoms with Gasteiger partial charge in [-0.1, -0.05) is 29.3 Å². The molecule has 3 aromatic rings. The quantitative estimate of drug-likeness (QED) is 0.490. The van der Waals surface area contributed by atoms with Gasteiger partial charge in [-0.2, -0.15) is 18.2 Å². The fourth-order valence-electron chi connectivity index (χ4n) is 3.85. The molecule has 11 heteroatoms. The lowest BCUT2D eigenvalue weighted by Gasteiger charge is -2.24. The van der Waals surface area contributed by atoms with Crippen molar-refractivity contribution in [2.45, 2.75) is 25.6 Å². The number of rotatable bonds is 5. The maximum absolute atomic E-state index is 13.6. The van der Waals surface area contributed by atoms with Crippen LogP contribution in [0.1, 0.15) is 22.4 Å². The highest BCUT2D eigenvalue weighted by atomic mass is 35.5. The largest absolute Gasteiger partial charge is 0.419 e. The van der Waals surface area contributed by atoms with Gasteiger partial charge in [0.15, 0.2) is 0 Å². The van der Waals surface area contributed by atoms with Gasteiger partial charge in [-0.05, 0) is 36.2 Å². The van der Waals surface area contributed by atoms with Crippen LogP contribution in [0, 0.1) is 0 Å². The topological polar surface area (TPSA) is 57.2 Å². The predicted octanol–water partition coefficient (Wildman–Crippen LogP) is 5.48. The zero-order valence-corrected chi connectivity index (χ0v) is 20.1. The molecule has 0 atom stereocenters. The third-order valence-corrected chi connectivity index (χ3v) is 6.31. The van der Waals surface area contributed by atoms with Gasteiger partial charge in [0.1, 0.15) is 11.6 Å². The standard InChI is InChI=1S/C23H23Cl2F3N6/c1-33(2)22-31-19-8-11-34(21-16(23(26,27)28)4-3-9-29-21)10-7-15(19)20(32-22)30-13-14-5-6-17(24)18(25)12-14/h3-6,9,12H,7-8,10-11,13H2,1-2H3,(H,30,31,32). The van der Waals surface area contributed by atoms with Gasteiger partial charge in [-0.25, -0.2) is 9.97 Å². The van der Waals surface area contributed by atoms with Crippen molar-refractivity contribution in [1.82, 2.24) is 15.0 Å². The van der Waals surface area contributed by atoms with E-state index in [-0.39, 0.29) is 5.82 Å². The van der Waals surface area contributed by atoms with E-state index in [9.17, 15) is 13.2 Å². The molecule has 0 bridgehead atoms. The Labute approximate surface area is 205 Å². The van der Waals surface area contributed by atoms with Crippen molar-refractivity contribution in [1.29, 1.82) is 0 Å². The maximum Gasteiger partial charge on any atom is 0.419 e. The summed E-state index contributed by atoms with van der Waals surface area (Å²) in [5, 5.41) is 4.29. The van der Waals surface area contributed by atoms with Gasteiger partial charge in [0.05, 0.1) is 21.3 Å². The van der Waals surface area contributed by atoms with E-state index in [0.29, 0.717) is 54.3 Å². The molecule has 0 fully saturated rings. The molecule has 4 rings (SSSR count). The number of hydrogen-bond acceptors (Lipinski definition) is 6. The van der Waals surface area contributed by atoms with Gasteiger partial charge >= 0.3 is 6.18 Å². The smallest absolute Gasteiger partial charge is 0.366 e. The Morgan fingerprint density at radius 1 is 1.06 bits per heavy atom. The van der Waals surface area contributed by atoms with Crippen LogP contribution in [0.15, 0.2) is 36.5 Å². The summed E-state index contributed by atoms with van der Waals surface area (Å²) in [6.07, 6.45) is -2.15. The number of nitrogens with one attached hydrogen (secondary N) is 1. The van der Waals surface area contributed by atoms with E-state index in [4.69, 9.17) is 23.2 Å². The highest BCUT2D eigenvalue weighted by Gasteiger charge is 2.36. The zero-order valence-electron chi connectivity index (χ0n) is 18.6. The van der Waals surface area contributed by atoms with E-state index in [1.54, 1.807) is 21.9 Å². The Morgan fingerprint density at radius 2 is 1.82 bits per heavy atom. The van der Waals surface area contributed by atoms with Crippen LogP contribution in [-0.4, -0.2) is 42.1 Å². The summed E-state index contributed by atoms with van der Waals surface area (Å²) in [7, 11) is 3.69. The van der Waals surface area contributed by atoms with Crippen LogP contribution in [0.25, 0.3) is 0 Å². The van der Waals surface area contributed by atoms with Gasteiger partial charge in [0, 0.05) is 51.9 Å². The van der Waals surface area contributed by atoms with Gasteiger partial charge in [-0.3, -0.25) is 0 Å². The fourth-order valence-corrected chi connectivity index (χ4v) is 4.17. The Kier molecular flexibility index (Phi) is 7.04. The molecule has 3 heterocycles. The average Bonchev–Trinajstić information content (AvgIpc) is 3.01. The summed E-state index contributed by atoms with van der Waals surface area (Å²) < 4.78 is 40.7. The number of benzene rings is 1. The van der Waals surface area contributed by atoms with Gasteiger partial charge in [-0.15, -0.1) is 0 Å². The fraction of sp³-hybridized carbons (Fsp3) is 0.348. The molecule has 0 aliphatic carbocycles. The molecule has 0 spiro atoms. The Bertz CT molecular complexity index is 1190. The normalized spacial score (nSPS) is 13.9. The second kappa shape index (κ2) is 9.84. The molecule has 0 saturated carbocycles. The molecule has 1 aliphatic heterocycles. The number of hydrogen-bond donors (Lipinski definition) is 1. The lowest BCUT2D eigenvalue weighted by atomic mass is 10.1. The number of pyridine rings is 1. The van der Waals surface area contributed by atoms with Gasteiger partial charge < -0.3 is 15.1 Å². The molecule has 0 unspecified atom stereocenters. The predicted molar refractivity (Wildman–Crippen MR) is 129 cm³/mol. The van der Waals surface area contributed by atoms with Crippen LogP contribution in [0.3, 0.4) is 0 Å². The Hall–Kier alpha value is -2.78. The monoisotopic (exact) mass is 510 g/mol. The number of nitrogens with zero attached hydrogens (tertiary/aromatic N) is 5. The van der Waals surface area contributed by atoms with Crippen LogP contribution in [0.5, 0.6) is 0 Å². The van der Waals surface area contributed by atoms with E-state index < -0.39 is 11.7 Å². The third-order valence-electron chi connectivity index (χ3n) is 5.57. The number of alkyl halides is 3. The first-order chi connectivity index (χ1) is 16.1. The average molecular weight is 511 g/mol. The summed E-state index contributed by atoms with van der Waals surface area (Å²) in [6, 6.07) is 7.75. The molecule has 6 nitrogen and oxygen atoms in total. The number of anilines is 3. The van der Waals surface area contributed by atoms with Crippen molar-refractivity contribution in [2.75, 3.05) is 42.3 Å². The zero-order chi connectivity index (χ0) is 24.5. The first-order valence-electron chi connectivity index (χ1n) is 10.7. The molecule has 180 valence electrons. The van der Waals surface area contributed by atoms with Crippen LogP contribution in [0.4, 0.5) is 30.8 Å². The third kappa shape index (κ3) is 5.31. The molecule has 34 heavy (non-hydrogen) atoms.